The molecule has 7 heteroatoms. The minimum absolute atomic E-state index is 0.0586. The average molecular weight is 401 g/mol. The molecule has 0 aliphatic carbocycles. The predicted molar refractivity (Wildman–Crippen MR) is 99.1 cm³/mol. The number of aryl methyl sites for hydroxylation is 2. The van der Waals surface area contributed by atoms with E-state index in [2.05, 4.69) is 25.9 Å². The van der Waals surface area contributed by atoms with Crippen molar-refractivity contribution in [2.45, 2.75) is 26.9 Å². The molecule has 0 radical (unpaired) electrons. The van der Waals surface area contributed by atoms with Crippen LogP contribution in [-0.4, -0.2) is 33.4 Å². The number of aromatic nitrogens is 3. The first-order valence-electron chi connectivity index (χ1n) is 7.97. The van der Waals surface area contributed by atoms with Crippen LogP contribution < -0.4 is 9.64 Å². The summed E-state index contributed by atoms with van der Waals surface area (Å²) < 4.78 is 8.61. The number of carbonyl (C=O) groups is 1. The van der Waals surface area contributed by atoms with E-state index in [1.807, 2.05) is 42.6 Å². The minimum atomic E-state index is -0.467. The topological polar surface area (TPSA) is 59.7 Å². The summed E-state index contributed by atoms with van der Waals surface area (Å²) in [6.45, 7) is 5.72. The van der Waals surface area contributed by atoms with E-state index in [9.17, 15) is 4.79 Å². The Labute approximate surface area is 153 Å². The lowest BCUT2D eigenvalue weighted by atomic mass is 10.1. The van der Waals surface area contributed by atoms with Crippen LogP contribution >= 0.6 is 15.9 Å². The fraction of sp³-hybridized carbons (Fsp3) is 0.278. The van der Waals surface area contributed by atoms with Crippen LogP contribution in [0.4, 0.5) is 5.69 Å². The normalized spacial score (nSPS) is 16.9. The number of ether oxygens (including phenoxy) is 1. The number of hydrogen-bond acceptors (Lipinski definition) is 4. The molecular formula is C18H17BrN4O2. The Morgan fingerprint density at radius 3 is 2.76 bits per heavy atom. The third-order valence-corrected chi connectivity index (χ3v) is 5.70. The van der Waals surface area contributed by atoms with E-state index in [-0.39, 0.29) is 5.91 Å². The molecule has 1 unspecified atom stereocenters. The quantitative estimate of drug-likeness (QED) is 0.626. The SMILES string of the molecule is Cc1nc2nc(-c3ccc4c(c3)N(C)C(=O)C(C)O4)cn2c(C)c1Br. The van der Waals surface area contributed by atoms with Crippen LogP contribution in [0.5, 0.6) is 5.75 Å². The maximum Gasteiger partial charge on any atom is 0.267 e. The summed E-state index contributed by atoms with van der Waals surface area (Å²) in [5, 5.41) is 0. The van der Waals surface area contributed by atoms with E-state index in [1.54, 1.807) is 18.9 Å². The molecule has 0 spiro atoms. The predicted octanol–water partition coefficient (Wildman–Crippen LogP) is 3.52. The molecule has 3 heterocycles. The summed E-state index contributed by atoms with van der Waals surface area (Å²) in [5.41, 5.74) is 4.41. The Morgan fingerprint density at radius 2 is 2.00 bits per heavy atom. The van der Waals surface area contributed by atoms with Crippen molar-refractivity contribution in [3.8, 4) is 17.0 Å². The molecule has 1 aromatic carbocycles. The second kappa shape index (κ2) is 5.56. The molecule has 3 aromatic rings. The Morgan fingerprint density at radius 1 is 1.24 bits per heavy atom. The summed E-state index contributed by atoms with van der Waals surface area (Å²) in [7, 11) is 1.76. The number of amides is 1. The van der Waals surface area contributed by atoms with Crippen LogP contribution in [0.15, 0.2) is 28.9 Å². The van der Waals surface area contributed by atoms with Crippen molar-refractivity contribution < 1.29 is 9.53 Å². The lowest BCUT2D eigenvalue weighted by Gasteiger charge is -2.30. The number of carbonyl (C=O) groups excluding carboxylic acids is 1. The highest BCUT2D eigenvalue weighted by Crippen LogP contribution is 2.36. The van der Waals surface area contributed by atoms with Gasteiger partial charge in [0, 0.05) is 24.5 Å². The van der Waals surface area contributed by atoms with Gasteiger partial charge in [-0.25, -0.2) is 9.97 Å². The molecule has 0 N–H and O–H groups in total. The van der Waals surface area contributed by atoms with Gasteiger partial charge in [-0.15, -0.1) is 0 Å². The van der Waals surface area contributed by atoms with Gasteiger partial charge in [-0.3, -0.25) is 9.20 Å². The van der Waals surface area contributed by atoms with Crippen molar-refractivity contribution in [3.05, 3.63) is 40.3 Å². The molecule has 0 saturated carbocycles. The number of hydrogen-bond donors (Lipinski definition) is 0. The van der Waals surface area contributed by atoms with Crippen LogP contribution in [0.2, 0.25) is 0 Å². The Hall–Kier alpha value is -2.41. The van der Waals surface area contributed by atoms with E-state index in [4.69, 9.17) is 4.74 Å². The highest BCUT2D eigenvalue weighted by Gasteiger charge is 2.29. The van der Waals surface area contributed by atoms with Gasteiger partial charge in [0.15, 0.2) is 6.10 Å². The molecule has 1 aliphatic heterocycles. The molecule has 25 heavy (non-hydrogen) atoms. The number of halogens is 1. The van der Waals surface area contributed by atoms with Gasteiger partial charge in [-0.2, -0.15) is 0 Å². The van der Waals surface area contributed by atoms with Crippen molar-refractivity contribution >= 4 is 33.3 Å². The van der Waals surface area contributed by atoms with Gasteiger partial charge in [0.2, 0.25) is 5.78 Å². The summed E-state index contributed by atoms with van der Waals surface area (Å²) in [6.07, 6.45) is 1.49. The highest BCUT2D eigenvalue weighted by molar-refractivity contribution is 9.10. The Balaban J connectivity index is 1.85. The van der Waals surface area contributed by atoms with Crippen LogP contribution in [0.1, 0.15) is 18.3 Å². The average Bonchev–Trinajstić information content (AvgIpc) is 3.01. The number of nitrogens with zero attached hydrogens (tertiary/aromatic N) is 4. The standard InChI is InChI=1S/C18H17BrN4O2/c1-9-16(19)10(2)23-8-13(21-18(23)20-9)12-5-6-15-14(7-12)22(4)17(24)11(3)25-15/h5-8,11H,1-4H3. The van der Waals surface area contributed by atoms with Gasteiger partial charge in [-0.05, 0) is 54.9 Å². The molecule has 0 saturated heterocycles. The van der Waals surface area contributed by atoms with Crippen molar-refractivity contribution in [1.29, 1.82) is 0 Å². The van der Waals surface area contributed by atoms with E-state index in [0.29, 0.717) is 11.5 Å². The van der Waals surface area contributed by atoms with Crippen LogP contribution in [-0.2, 0) is 4.79 Å². The molecule has 2 aromatic heterocycles. The van der Waals surface area contributed by atoms with Crippen LogP contribution in [0.25, 0.3) is 17.0 Å². The van der Waals surface area contributed by atoms with Gasteiger partial charge < -0.3 is 9.64 Å². The maximum atomic E-state index is 12.2. The molecular weight excluding hydrogens is 384 g/mol. The first-order valence-corrected chi connectivity index (χ1v) is 8.76. The molecule has 4 rings (SSSR count). The number of likely N-dealkylation sites (N-methyl/N-ethyl adjacent to an activating group) is 1. The minimum Gasteiger partial charge on any atom is -0.479 e. The second-order valence-corrected chi connectivity index (χ2v) is 7.03. The number of fused-ring (bicyclic) bond motifs is 2. The number of anilines is 1. The summed E-state index contributed by atoms with van der Waals surface area (Å²) in [6, 6.07) is 5.77. The number of benzene rings is 1. The van der Waals surface area contributed by atoms with Gasteiger partial charge in [-0.1, -0.05) is 0 Å². The summed E-state index contributed by atoms with van der Waals surface area (Å²) in [5.74, 6) is 1.30. The summed E-state index contributed by atoms with van der Waals surface area (Å²) in [4.78, 5) is 23.0. The molecule has 1 atom stereocenters. The summed E-state index contributed by atoms with van der Waals surface area (Å²) >= 11 is 3.56. The van der Waals surface area contributed by atoms with E-state index < -0.39 is 6.10 Å². The van der Waals surface area contributed by atoms with Gasteiger partial charge in [0.05, 0.1) is 21.5 Å². The third-order valence-electron chi connectivity index (χ3n) is 4.55. The van der Waals surface area contributed by atoms with Gasteiger partial charge in [0.1, 0.15) is 5.75 Å². The van der Waals surface area contributed by atoms with Crippen molar-refractivity contribution in [2.24, 2.45) is 0 Å². The van der Waals surface area contributed by atoms with Crippen molar-refractivity contribution in [3.63, 3.8) is 0 Å². The zero-order chi connectivity index (χ0) is 17.9. The maximum absolute atomic E-state index is 12.2. The third kappa shape index (κ3) is 2.41. The smallest absolute Gasteiger partial charge is 0.267 e. The molecule has 6 nitrogen and oxygen atoms in total. The fourth-order valence-corrected chi connectivity index (χ4v) is 3.35. The van der Waals surface area contributed by atoms with E-state index in [0.717, 1.165) is 32.8 Å². The highest BCUT2D eigenvalue weighted by atomic mass is 79.9. The molecule has 0 bridgehead atoms. The van der Waals surface area contributed by atoms with Crippen LogP contribution in [0.3, 0.4) is 0 Å². The Bertz CT molecular complexity index is 1030. The van der Waals surface area contributed by atoms with E-state index in [1.165, 1.54) is 0 Å². The largest absolute Gasteiger partial charge is 0.479 e. The molecule has 1 amide bonds. The van der Waals surface area contributed by atoms with Gasteiger partial charge in [0.25, 0.3) is 5.91 Å². The van der Waals surface area contributed by atoms with Crippen molar-refractivity contribution in [1.82, 2.24) is 14.4 Å². The number of rotatable bonds is 1. The first-order chi connectivity index (χ1) is 11.9. The number of imidazole rings is 1. The monoisotopic (exact) mass is 400 g/mol. The van der Waals surface area contributed by atoms with Crippen LogP contribution in [0, 0.1) is 13.8 Å². The Kier molecular flexibility index (Phi) is 3.57. The molecule has 1 aliphatic rings. The second-order valence-electron chi connectivity index (χ2n) is 6.23. The lowest BCUT2D eigenvalue weighted by molar-refractivity contribution is -0.125. The fourth-order valence-electron chi connectivity index (χ4n) is 3.07. The zero-order valence-corrected chi connectivity index (χ0v) is 16.0. The van der Waals surface area contributed by atoms with Gasteiger partial charge >= 0.3 is 0 Å². The first kappa shape index (κ1) is 16.1. The zero-order valence-electron chi connectivity index (χ0n) is 14.4. The van der Waals surface area contributed by atoms with E-state index >= 15 is 0 Å². The van der Waals surface area contributed by atoms with Crippen molar-refractivity contribution in [2.75, 3.05) is 11.9 Å². The molecule has 0 fully saturated rings. The molecule has 128 valence electrons. The lowest BCUT2D eigenvalue weighted by Crippen LogP contribution is -2.41.